The molecule has 2 aromatic heterocycles. The van der Waals surface area contributed by atoms with Gasteiger partial charge in [-0.3, -0.25) is 9.36 Å². The van der Waals surface area contributed by atoms with Crippen LogP contribution in [0.25, 0.3) is 11.2 Å². The van der Waals surface area contributed by atoms with Gasteiger partial charge in [-0.25, -0.2) is 15.3 Å². The van der Waals surface area contributed by atoms with Gasteiger partial charge in [-0.1, -0.05) is 0 Å². The molecule has 9 heteroatoms. The van der Waals surface area contributed by atoms with Crippen molar-refractivity contribution in [3.63, 3.8) is 0 Å². The summed E-state index contributed by atoms with van der Waals surface area (Å²) in [6, 6.07) is 0. The van der Waals surface area contributed by atoms with Gasteiger partial charge in [0.15, 0.2) is 17.5 Å². The molecule has 0 aromatic carbocycles. The summed E-state index contributed by atoms with van der Waals surface area (Å²) in [4.78, 5) is 21.8. The number of hydrogen-bond acceptors (Lipinski definition) is 7. The first kappa shape index (κ1) is 11.3. The van der Waals surface area contributed by atoms with Crippen LogP contribution < -0.4 is 10.9 Å². The second kappa shape index (κ2) is 4.14. The number of H-pyrrole nitrogens is 1. The minimum atomic E-state index is -0.987. The van der Waals surface area contributed by atoms with Crippen LogP contribution in [0.1, 0.15) is 6.35 Å². The highest BCUT2D eigenvalue weighted by atomic mass is 16.6. The molecule has 1 aliphatic heterocycles. The van der Waals surface area contributed by atoms with Gasteiger partial charge in [0.25, 0.3) is 5.56 Å². The highest BCUT2D eigenvalue weighted by Crippen LogP contribution is 2.20. The minimum Gasteiger partial charge on any atom is -0.394 e. The van der Waals surface area contributed by atoms with Crippen LogP contribution in [0.5, 0.6) is 0 Å². The molecule has 1 fully saturated rings. The predicted octanol–water partition coefficient (Wildman–Crippen LogP) is -2.13. The lowest BCUT2D eigenvalue weighted by molar-refractivity contribution is -0.0441. The normalized spacial score (nSPS) is 28.0. The van der Waals surface area contributed by atoms with Gasteiger partial charge in [0, 0.05) is 0 Å². The fourth-order valence-corrected chi connectivity index (χ4v) is 1.86. The van der Waals surface area contributed by atoms with E-state index in [0.717, 1.165) is 0 Å². The molecular weight excluding hydrogens is 242 g/mol. The average molecular weight is 253 g/mol. The Morgan fingerprint density at radius 2 is 2.33 bits per heavy atom. The maximum absolute atomic E-state index is 11.5. The van der Waals surface area contributed by atoms with Crippen LogP contribution in [0.3, 0.4) is 0 Å². The van der Waals surface area contributed by atoms with Crippen molar-refractivity contribution in [2.24, 2.45) is 0 Å². The standard InChI is InChI=1S/C9H11N5O4/c15-1-4-7(16)13-9(18-4)14-3-12-5-6(14)10-2-11-8(5)17/h2-4,7,9,13,15-16H,1H2,(H,10,11,17)/t4-,7?,9-/m1/s1. The highest BCUT2D eigenvalue weighted by Gasteiger charge is 2.34. The van der Waals surface area contributed by atoms with Crippen LogP contribution in [0, 0.1) is 0 Å². The van der Waals surface area contributed by atoms with Gasteiger partial charge in [0.1, 0.15) is 18.7 Å². The maximum atomic E-state index is 11.5. The van der Waals surface area contributed by atoms with E-state index in [9.17, 15) is 9.90 Å². The number of aromatic amines is 1. The van der Waals surface area contributed by atoms with Gasteiger partial charge in [-0.15, -0.1) is 0 Å². The highest BCUT2D eigenvalue weighted by molar-refractivity contribution is 5.68. The van der Waals surface area contributed by atoms with Crippen LogP contribution in [0.2, 0.25) is 0 Å². The molecule has 0 spiro atoms. The average Bonchev–Trinajstić information content (AvgIpc) is 2.93. The van der Waals surface area contributed by atoms with Crippen LogP contribution in [-0.4, -0.2) is 48.7 Å². The van der Waals surface area contributed by atoms with Crippen LogP contribution >= 0.6 is 0 Å². The van der Waals surface area contributed by atoms with Crippen molar-refractivity contribution in [2.75, 3.05) is 6.61 Å². The summed E-state index contributed by atoms with van der Waals surface area (Å²) in [5.74, 6) is 0. The Morgan fingerprint density at radius 1 is 1.50 bits per heavy atom. The van der Waals surface area contributed by atoms with Gasteiger partial charge < -0.3 is 19.9 Å². The second-order valence-electron chi connectivity index (χ2n) is 3.88. The van der Waals surface area contributed by atoms with Crippen LogP contribution in [0.4, 0.5) is 0 Å². The molecular formula is C9H11N5O4. The molecule has 3 atom stereocenters. The Bertz CT molecular complexity index is 623. The molecule has 1 unspecified atom stereocenters. The zero-order valence-electron chi connectivity index (χ0n) is 9.15. The number of rotatable bonds is 2. The lowest BCUT2D eigenvalue weighted by atomic mass is 10.3. The van der Waals surface area contributed by atoms with E-state index in [0.29, 0.717) is 5.65 Å². The lowest BCUT2D eigenvalue weighted by Crippen LogP contribution is -2.33. The van der Waals surface area contributed by atoms with Crippen molar-refractivity contribution in [1.82, 2.24) is 24.8 Å². The first-order valence-electron chi connectivity index (χ1n) is 5.31. The molecule has 0 aliphatic carbocycles. The number of hydrogen-bond donors (Lipinski definition) is 4. The molecule has 4 N–H and O–H groups in total. The molecule has 1 aliphatic rings. The third-order valence-corrected chi connectivity index (χ3v) is 2.77. The van der Waals surface area contributed by atoms with E-state index in [2.05, 4.69) is 20.3 Å². The zero-order valence-corrected chi connectivity index (χ0v) is 9.15. The molecule has 18 heavy (non-hydrogen) atoms. The SMILES string of the molecule is O=c1[nH]cnc2c1ncn2[C@H]1NC(O)[C@@H](CO)O1. The number of aromatic nitrogens is 4. The number of ether oxygens (including phenoxy) is 1. The summed E-state index contributed by atoms with van der Waals surface area (Å²) in [5.41, 5.74) is 0.169. The summed E-state index contributed by atoms with van der Waals surface area (Å²) in [7, 11) is 0. The van der Waals surface area contributed by atoms with E-state index in [1.165, 1.54) is 17.2 Å². The number of fused-ring (bicyclic) bond motifs is 1. The Morgan fingerprint density at radius 3 is 3.06 bits per heavy atom. The summed E-state index contributed by atoms with van der Waals surface area (Å²) >= 11 is 0. The van der Waals surface area contributed by atoms with Crippen molar-refractivity contribution in [3.05, 3.63) is 23.0 Å². The topological polar surface area (TPSA) is 125 Å². The number of nitrogens with zero attached hydrogens (tertiary/aromatic N) is 3. The van der Waals surface area contributed by atoms with Gasteiger partial charge in [0.2, 0.25) is 0 Å². The monoisotopic (exact) mass is 253 g/mol. The number of nitrogens with one attached hydrogen (secondary N) is 2. The van der Waals surface area contributed by atoms with Gasteiger partial charge in [-0.2, -0.15) is 0 Å². The van der Waals surface area contributed by atoms with E-state index in [1.54, 1.807) is 0 Å². The smallest absolute Gasteiger partial charge is 0.278 e. The van der Waals surface area contributed by atoms with Gasteiger partial charge in [0.05, 0.1) is 12.9 Å². The molecule has 0 bridgehead atoms. The minimum absolute atomic E-state index is 0.185. The van der Waals surface area contributed by atoms with Crippen molar-refractivity contribution in [1.29, 1.82) is 0 Å². The fourth-order valence-electron chi connectivity index (χ4n) is 1.86. The van der Waals surface area contributed by atoms with E-state index in [1.807, 2.05) is 0 Å². The molecule has 2 aromatic rings. The Labute approximate surface area is 100 Å². The molecule has 96 valence electrons. The Hall–Kier alpha value is -1.81. The lowest BCUT2D eigenvalue weighted by Gasteiger charge is -2.12. The summed E-state index contributed by atoms with van der Waals surface area (Å²) in [6.45, 7) is -0.314. The number of aliphatic hydroxyl groups excluding tert-OH is 2. The van der Waals surface area contributed by atoms with E-state index >= 15 is 0 Å². The van der Waals surface area contributed by atoms with E-state index < -0.39 is 18.7 Å². The van der Waals surface area contributed by atoms with Crippen molar-refractivity contribution >= 4 is 11.2 Å². The summed E-state index contributed by atoms with van der Waals surface area (Å²) in [6.07, 6.45) is 0.208. The molecule has 0 radical (unpaired) electrons. The first-order chi connectivity index (χ1) is 8.70. The Kier molecular flexibility index (Phi) is 2.59. The molecule has 9 nitrogen and oxygen atoms in total. The van der Waals surface area contributed by atoms with Crippen LogP contribution in [-0.2, 0) is 4.74 Å². The summed E-state index contributed by atoms with van der Waals surface area (Å²) in [5, 5.41) is 21.3. The molecule has 3 rings (SSSR count). The molecule has 1 saturated heterocycles. The Balaban J connectivity index is 2.01. The molecule has 0 amide bonds. The van der Waals surface area contributed by atoms with E-state index in [4.69, 9.17) is 9.84 Å². The molecule has 3 heterocycles. The molecule has 0 saturated carbocycles. The van der Waals surface area contributed by atoms with Crippen LogP contribution in [0.15, 0.2) is 17.4 Å². The van der Waals surface area contributed by atoms with Crippen molar-refractivity contribution in [3.8, 4) is 0 Å². The second-order valence-corrected chi connectivity index (χ2v) is 3.88. The number of imidazole rings is 1. The third kappa shape index (κ3) is 1.61. The summed E-state index contributed by atoms with van der Waals surface area (Å²) < 4.78 is 6.85. The number of aliphatic hydroxyl groups is 2. The van der Waals surface area contributed by atoms with Gasteiger partial charge in [-0.05, 0) is 0 Å². The third-order valence-electron chi connectivity index (χ3n) is 2.77. The van der Waals surface area contributed by atoms with E-state index in [-0.39, 0.29) is 17.7 Å². The predicted molar refractivity (Wildman–Crippen MR) is 58.3 cm³/mol. The maximum Gasteiger partial charge on any atom is 0.278 e. The fraction of sp³-hybridized carbons (Fsp3) is 0.444. The van der Waals surface area contributed by atoms with Crippen molar-refractivity contribution < 1.29 is 14.9 Å². The van der Waals surface area contributed by atoms with Gasteiger partial charge >= 0.3 is 0 Å². The van der Waals surface area contributed by atoms with Crippen molar-refractivity contribution in [2.45, 2.75) is 18.7 Å². The zero-order chi connectivity index (χ0) is 12.7. The quantitative estimate of drug-likeness (QED) is 0.482. The first-order valence-corrected chi connectivity index (χ1v) is 5.31. The largest absolute Gasteiger partial charge is 0.394 e.